The van der Waals surface area contributed by atoms with Gasteiger partial charge in [0.15, 0.2) is 46.3 Å². The molecular weight excluding hydrogens is 1390 g/mol. The number of nitrogens with one attached hydrogen (secondary N) is 10. The normalized spacial score (nSPS) is 16.8. The van der Waals surface area contributed by atoms with Crippen LogP contribution in [0, 0.1) is 5.92 Å². The van der Waals surface area contributed by atoms with Gasteiger partial charge < -0.3 is 69.3 Å². The van der Waals surface area contributed by atoms with Crippen molar-refractivity contribution in [3.05, 3.63) is 71.7 Å². The number of aliphatic hydroxyl groups excluding tert-OH is 1. The molecule has 3 rings (SSSR count). The van der Waals surface area contributed by atoms with Crippen LogP contribution in [0.5, 0.6) is 0 Å². The number of primary amides is 1. The molecule has 29 nitrogen and oxygen atoms in total. The van der Waals surface area contributed by atoms with E-state index in [1.165, 1.54) is 6.92 Å². The summed E-state index contributed by atoms with van der Waals surface area (Å²) in [5, 5.41) is 46.5. The monoisotopic (exact) mass is 1520 g/mol. The Morgan fingerprint density at radius 3 is 1.92 bits per heavy atom. The van der Waals surface area contributed by atoms with Gasteiger partial charge in [0.05, 0.1) is 98.3 Å². The minimum Gasteiger partial charge on any atom is -0.512 e. The van der Waals surface area contributed by atoms with Gasteiger partial charge in [-0.15, -0.1) is 0 Å². The Kier molecular flexibility index (Phi) is 43.2. The topological polar surface area (TPSA) is 469 Å². The Morgan fingerprint density at radius 2 is 1.27 bits per heavy atom. The van der Waals surface area contributed by atoms with Crippen LogP contribution in [-0.4, -0.2) is 203 Å². The molecule has 608 valence electrons. The molecule has 0 bridgehead atoms. The van der Waals surface area contributed by atoms with Crippen LogP contribution in [0.2, 0.25) is 0 Å². The Labute approximate surface area is 644 Å². The number of carbonyl (C=O) groups excluding carboxylic acids is 13. The third-order valence-corrected chi connectivity index (χ3v) is 20.2. The van der Waals surface area contributed by atoms with Crippen LogP contribution >= 0.6 is 0 Å². The highest BCUT2D eigenvalue weighted by Crippen LogP contribution is 2.29. The number of allylic oxidation sites excluding steroid dienone is 5. The lowest BCUT2D eigenvalue weighted by molar-refractivity contribution is -0.135. The number of carbonyl (C=O) groups is 13. The number of nitrogens with two attached hydrogens (primary N) is 3. The average molecular weight is 1530 g/mol. The summed E-state index contributed by atoms with van der Waals surface area (Å²) in [5.41, 5.74) is 15.7. The van der Waals surface area contributed by atoms with E-state index in [9.17, 15) is 67.4 Å². The predicted molar refractivity (Wildman–Crippen MR) is 422 cm³/mol. The molecule has 17 N–H and O–H groups in total. The number of azo groups is 1. The first kappa shape index (κ1) is 95.3. The van der Waals surface area contributed by atoms with Gasteiger partial charge in [-0.2, -0.15) is 10.2 Å². The summed E-state index contributed by atoms with van der Waals surface area (Å²) in [6.07, 6.45) is 18.0. The average Bonchev–Trinajstić information content (AvgIpc) is 1.71. The molecule has 2 aromatic rings. The van der Waals surface area contributed by atoms with E-state index in [-0.39, 0.29) is 137 Å². The van der Waals surface area contributed by atoms with Gasteiger partial charge in [0.1, 0.15) is 29.7 Å². The van der Waals surface area contributed by atoms with Gasteiger partial charge in [-0.1, -0.05) is 94.9 Å². The van der Waals surface area contributed by atoms with E-state index < -0.39 is 112 Å². The molecule has 3 amide bonds. The number of amides is 3. The second kappa shape index (κ2) is 49.4. The van der Waals surface area contributed by atoms with Crippen molar-refractivity contribution in [2.75, 3.05) is 45.9 Å². The molecule has 0 spiro atoms. The number of hydrogen-bond donors (Lipinski definition) is 14. The number of Topliss-reactive ketones (excluding diaryl/α,β-unsaturated/α-hetero) is 9. The second-order valence-electron chi connectivity index (χ2n) is 30.4. The molecule has 0 unspecified atom stereocenters. The van der Waals surface area contributed by atoms with Crippen molar-refractivity contribution in [1.82, 2.24) is 52.8 Å². The lowest BCUT2D eigenvalue weighted by Crippen LogP contribution is -2.61. The molecule has 0 saturated carbocycles. The Bertz CT molecular complexity index is 3470. The fourth-order valence-corrected chi connectivity index (χ4v) is 12.2. The number of aromatic amines is 1. The molecule has 0 radical (unpaired) electrons. The van der Waals surface area contributed by atoms with Crippen molar-refractivity contribution < 1.29 is 67.4 Å². The maximum atomic E-state index is 14.7. The number of aldehydes is 1. The molecule has 0 fully saturated rings. The van der Waals surface area contributed by atoms with Crippen molar-refractivity contribution in [3.63, 3.8) is 0 Å². The minimum atomic E-state index is -1.60. The maximum absolute atomic E-state index is 14.7. The van der Waals surface area contributed by atoms with Gasteiger partial charge in [-0.25, -0.2) is 0 Å². The van der Waals surface area contributed by atoms with Crippen LogP contribution in [-0.2, 0) is 68.7 Å². The van der Waals surface area contributed by atoms with Gasteiger partial charge >= 0.3 is 0 Å². The summed E-state index contributed by atoms with van der Waals surface area (Å²) in [4.78, 5) is 176. The zero-order valence-corrected chi connectivity index (χ0v) is 66.7. The highest BCUT2D eigenvalue weighted by atomic mass is 16.3. The minimum absolute atomic E-state index is 0.00792. The van der Waals surface area contributed by atoms with Crippen molar-refractivity contribution in [2.24, 2.45) is 33.3 Å². The van der Waals surface area contributed by atoms with E-state index in [0.29, 0.717) is 44.8 Å². The third-order valence-electron chi connectivity index (χ3n) is 20.2. The largest absolute Gasteiger partial charge is 0.512 e. The Morgan fingerprint density at radius 1 is 0.633 bits per heavy atom. The van der Waals surface area contributed by atoms with Crippen molar-refractivity contribution >= 4 is 87.0 Å². The fraction of sp³-hybridized carbons (Fsp3) is 0.662. The zero-order valence-electron chi connectivity index (χ0n) is 66.7. The van der Waals surface area contributed by atoms with Crippen LogP contribution < -0.4 is 65.1 Å². The third kappa shape index (κ3) is 35.4. The van der Waals surface area contributed by atoms with Crippen LogP contribution in [0.3, 0.4) is 0 Å². The molecule has 0 saturated heterocycles. The van der Waals surface area contributed by atoms with E-state index >= 15 is 0 Å². The molecule has 1 aliphatic carbocycles. The molecule has 1 aromatic heterocycles. The summed E-state index contributed by atoms with van der Waals surface area (Å²) in [5.74, 6) is -4.65. The fourth-order valence-electron chi connectivity index (χ4n) is 12.2. The van der Waals surface area contributed by atoms with Crippen LogP contribution in [0.4, 0.5) is 0 Å². The summed E-state index contributed by atoms with van der Waals surface area (Å²) in [7, 11) is 0. The number of aromatic nitrogens is 1. The Hall–Kier alpha value is -7.87. The highest BCUT2D eigenvalue weighted by molar-refractivity contribution is 6.06. The molecule has 1 aromatic carbocycles. The van der Waals surface area contributed by atoms with Gasteiger partial charge in [-0.3, -0.25) is 68.2 Å². The number of fused-ring (bicyclic) bond motifs is 1. The van der Waals surface area contributed by atoms with Crippen LogP contribution in [0.1, 0.15) is 217 Å². The van der Waals surface area contributed by atoms with Gasteiger partial charge in [0, 0.05) is 56.0 Å². The maximum Gasteiger partial charge on any atom is 0.243 e. The highest BCUT2D eigenvalue weighted by Gasteiger charge is 2.40. The van der Waals surface area contributed by atoms with Crippen molar-refractivity contribution in [3.8, 4) is 0 Å². The van der Waals surface area contributed by atoms with Gasteiger partial charge in [0.25, 0.3) is 0 Å². The molecule has 12 atom stereocenters. The van der Waals surface area contributed by atoms with E-state index in [1.54, 1.807) is 73.7 Å². The van der Waals surface area contributed by atoms with E-state index in [4.69, 9.17) is 17.2 Å². The zero-order chi connectivity index (χ0) is 81.4. The van der Waals surface area contributed by atoms with E-state index in [1.807, 2.05) is 51.1 Å². The number of nitrogens with zero attached hydrogens (tertiary/aromatic N) is 2. The number of unbranched alkanes of at least 4 members (excludes halogenated alkanes) is 6. The first-order valence-electron chi connectivity index (χ1n) is 38.9. The predicted octanol–water partition coefficient (Wildman–Crippen LogP) is 5.33. The van der Waals surface area contributed by atoms with E-state index in [0.717, 1.165) is 67.0 Å². The molecular formula is C80H129N15O14. The first-order chi connectivity index (χ1) is 51.5. The van der Waals surface area contributed by atoms with Crippen LogP contribution in [0.15, 0.2) is 76.3 Å². The molecule has 109 heavy (non-hydrogen) atoms. The summed E-state index contributed by atoms with van der Waals surface area (Å²) >= 11 is 0. The van der Waals surface area contributed by atoms with E-state index in [2.05, 4.69) is 69.1 Å². The summed E-state index contributed by atoms with van der Waals surface area (Å²) < 4.78 is 0. The number of benzene rings is 1. The molecule has 0 aliphatic heterocycles. The SMILES string of the molecule is CCCC[C@H](NCC(=O)[C@H](C)NCCC(=O)[C@H](C)NCC(=O)[C@](C)(CCC/C=C/CCCCCC[C@@](C)(N)C(=O)CN[C@@H](C)C(C)=O)NC(=O)[C@H](CC(C)C)NC(=O)[C@H](CCC(N)=O)NCN[C@@H](C)C(=O)CC(=O)[C@](C)(Cc1c[nH]c2ccccc12)N=N[C@H](C=O)CC1=CC=C(O)CC1)C(=O)CN[C@@H](C)C(=O)CN. The van der Waals surface area contributed by atoms with Crippen molar-refractivity contribution in [2.45, 2.75) is 289 Å². The molecule has 1 aliphatic rings. The number of para-hydroxylation sites is 1. The summed E-state index contributed by atoms with van der Waals surface area (Å²) in [6, 6.07) is 0.0613. The standard InChI is InChI=1S/C80H129N15O14/c1-13-14-27-64(71(103)46-85-55(7)69(101)43-81)89-45-70(102)56(8)84-38-35-67(99)53(5)87-48-74(106)79(11,37-25-21-19-17-15-16-18-20-24-36-78(10,83)73(105)47-86-52(4)57(9)97)93-77(109)66(39-51(2)3)92-76(108)65(33-34-75(82)107)91-50-90-54(6)68(100)41-72(104)80(12,42-59-44-88-63-28-23-22-26-62(59)63)95-94-60(49-96)40-58-29-31-61(98)32-30-58/h17,19,22-23,26,28-29,31,44,49,51-56,60,64-66,84-91,98H,13-16,18,20-21,24-25,27,30,32-43,45-48,50,81,83H2,1-12H3,(H2,82,107)(H,92,108)(H,93,109)/b19-17+,95-94?/t52-,53-,54-,55-,56-,60-,64-,65-,66-,78+,79-,80-/m0/s1. The number of ketones is 9. The van der Waals surface area contributed by atoms with Gasteiger partial charge in [0.2, 0.25) is 17.7 Å². The molecule has 1 heterocycles. The lowest BCUT2D eigenvalue weighted by Gasteiger charge is -2.33. The van der Waals surface area contributed by atoms with Crippen molar-refractivity contribution in [1.29, 1.82) is 0 Å². The summed E-state index contributed by atoms with van der Waals surface area (Å²) in [6.45, 7) is 19.5. The van der Waals surface area contributed by atoms with Crippen LogP contribution in [0.25, 0.3) is 10.9 Å². The number of hydrogen-bond acceptors (Lipinski definition) is 25. The quantitative estimate of drug-likeness (QED) is 0.00993. The number of aliphatic hydroxyl groups is 1. The Balaban J connectivity index is 1.76. The molecule has 29 heteroatoms. The lowest BCUT2D eigenvalue weighted by atomic mass is 9.86. The smallest absolute Gasteiger partial charge is 0.243 e. The first-order valence-corrected chi connectivity index (χ1v) is 38.9. The second-order valence-corrected chi connectivity index (χ2v) is 30.4. The number of rotatable bonds is 62. The number of H-pyrrole nitrogens is 1. The van der Waals surface area contributed by atoms with Gasteiger partial charge in [-0.05, 0) is 157 Å².